The van der Waals surface area contributed by atoms with Crippen LogP contribution in [0.4, 0.5) is 0 Å². The summed E-state index contributed by atoms with van der Waals surface area (Å²) in [5, 5.41) is 8.91. The summed E-state index contributed by atoms with van der Waals surface area (Å²) in [6, 6.07) is -1.52. The molecule has 61 heavy (non-hydrogen) atoms. The summed E-state index contributed by atoms with van der Waals surface area (Å²) in [5.41, 5.74) is 5.34. The Morgan fingerprint density at radius 1 is 0.508 bits per heavy atom. The molecule has 0 aromatic heterocycles. The van der Waals surface area contributed by atoms with E-state index in [-0.39, 0.29) is 19.4 Å². The molecule has 12 heteroatoms. The standard InChI is InChI=1S/C49H92NO10P/c1-3-5-7-9-11-13-15-17-19-20-21-22-23-24-25-27-28-30-32-34-36-38-40-47(51)57-42-45(43-58-61(55,56)59-44-46(50)49(53)54)60-48(52)41-39-37-35-33-31-29-26-18-16-14-12-10-8-6-4-2/h12,14,18,26,45-46H,3-11,13,15-17,19-25,27-44,50H2,1-2H3,(H,53,54)(H,55,56)/b14-12+,26-18+/t45-,46+/m0/s1. The zero-order valence-electron chi connectivity index (χ0n) is 39.0. The van der Waals surface area contributed by atoms with Gasteiger partial charge >= 0.3 is 25.7 Å². The Kier molecular flexibility index (Phi) is 43.1. The van der Waals surface area contributed by atoms with E-state index in [0.29, 0.717) is 12.8 Å². The molecule has 0 aromatic carbocycles. The lowest BCUT2D eigenvalue weighted by Crippen LogP contribution is -2.34. The fraction of sp³-hybridized carbons (Fsp3) is 0.857. The van der Waals surface area contributed by atoms with Crippen LogP contribution in [0.15, 0.2) is 24.3 Å². The Bertz CT molecular complexity index is 1130. The third-order valence-electron chi connectivity index (χ3n) is 11.0. The van der Waals surface area contributed by atoms with Crippen molar-refractivity contribution in [1.29, 1.82) is 0 Å². The summed E-state index contributed by atoms with van der Waals surface area (Å²) < 4.78 is 32.8. The average Bonchev–Trinajstić information content (AvgIpc) is 3.24. The first kappa shape index (κ1) is 59.0. The van der Waals surface area contributed by atoms with Gasteiger partial charge in [0.05, 0.1) is 13.2 Å². The number of carbonyl (C=O) groups excluding carboxylic acids is 2. The fourth-order valence-corrected chi connectivity index (χ4v) is 7.82. The van der Waals surface area contributed by atoms with E-state index in [0.717, 1.165) is 64.2 Å². The molecule has 0 aliphatic heterocycles. The number of carbonyl (C=O) groups is 3. The summed E-state index contributed by atoms with van der Waals surface area (Å²) in [6.07, 6.45) is 48.2. The molecule has 0 amide bonds. The van der Waals surface area contributed by atoms with Crippen LogP contribution in [0.2, 0.25) is 0 Å². The summed E-state index contributed by atoms with van der Waals surface area (Å²) in [5.74, 6) is -2.38. The van der Waals surface area contributed by atoms with Gasteiger partial charge in [0.15, 0.2) is 6.10 Å². The lowest BCUT2D eigenvalue weighted by atomic mass is 10.0. The molecule has 0 radical (unpaired) electrons. The maximum absolute atomic E-state index is 12.6. The zero-order valence-corrected chi connectivity index (χ0v) is 39.9. The molecule has 0 fully saturated rings. The van der Waals surface area contributed by atoms with Crippen LogP contribution < -0.4 is 5.73 Å². The van der Waals surface area contributed by atoms with Crippen molar-refractivity contribution in [3.63, 3.8) is 0 Å². The molecule has 0 rings (SSSR count). The van der Waals surface area contributed by atoms with E-state index in [2.05, 4.69) is 42.7 Å². The number of ether oxygens (including phenoxy) is 2. The SMILES string of the molecule is CCCCC/C=C/C/C=C/CCCCCCCC(=O)O[C@@H](COC(=O)CCCCCCCCCCCCCCCCCCCCCCCC)COP(=O)(O)OC[C@@H](N)C(=O)O. The lowest BCUT2D eigenvalue weighted by molar-refractivity contribution is -0.161. The van der Waals surface area contributed by atoms with Crippen molar-refractivity contribution in [2.45, 2.75) is 251 Å². The predicted molar refractivity (Wildman–Crippen MR) is 249 cm³/mol. The first-order valence-electron chi connectivity index (χ1n) is 24.9. The van der Waals surface area contributed by atoms with Crippen molar-refractivity contribution < 1.29 is 47.5 Å². The van der Waals surface area contributed by atoms with Crippen molar-refractivity contribution in [3.8, 4) is 0 Å². The molecule has 0 heterocycles. The number of rotatable bonds is 47. The minimum absolute atomic E-state index is 0.148. The normalized spacial score (nSPS) is 13.8. The third kappa shape index (κ3) is 44.4. The molecular formula is C49H92NO10P. The molecule has 0 saturated heterocycles. The van der Waals surface area contributed by atoms with Crippen molar-refractivity contribution in [2.24, 2.45) is 5.73 Å². The van der Waals surface area contributed by atoms with Crippen molar-refractivity contribution in [3.05, 3.63) is 24.3 Å². The summed E-state index contributed by atoms with van der Waals surface area (Å²) in [6.45, 7) is 2.80. The first-order valence-corrected chi connectivity index (χ1v) is 26.4. The Morgan fingerprint density at radius 2 is 0.869 bits per heavy atom. The van der Waals surface area contributed by atoms with E-state index in [1.54, 1.807) is 0 Å². The third-order valence-corrected chi connectivity index (χ3v) is 11.9. The Balaban J connectivity index is 4.21. The number of hydrogen-bond donors (Lipinski definition) is 3. The smallest absolute Gasteiger partial charge is 0.472 e. The number of esters is 2. The number of aliphatic carboxylic acids is 1. The first-order chi connectivity index (χ1) is 29.6. The highest BCUT2D eigenvalue weighted by Gasteiger charge is 2.28. The molecule has 11 nitrogen and oxygen atoms in total. The number of carboxylic acid groups (broad SMARTS) is 1. The number of nitrogens with two attached hydrogens (primary N) is 1. The number of hydrogen-bond acceptors (Lipinski definition) is 9. The van der Waals surface area contributed by atoms with Gasteiger partial charge in [-0.2, -0.15) is 0 Å². The second-order valence-corrected chi connectivity index (χ2v) is 18.4. The van der Waals surface area contributed by atoms with Gasteiger partial charge in [0.2, 0.25) is 0 Å². The van der Waals surface area contributed by atoms with Crippen LogP contribution in [0.3, 0.4) is 0 Å². The number of phosphoric acid groups is 1. The molecule has 0 aliphatic carbocycles. The van der Waals surface area contributed by atoms with Gasteiger partial charge in [-0.3, -0.25) is 23.4 Å². The summed E-state index contributed by atoms with van der Waals surface area (Å²) in [4.78, 5) is 46.1. The molecule has 1 unspecified atom stereocenters. The predicted octanol–water partition coefficient (Wildman–Crippen LogP) is 13.8. The van der Waals surface area contributed by atoms with Gasteiger partial charge in [0, 0.05) is 12.8 Å². The molecule has 0 saturated carbocycles. The van der Waals surface area contributed by atoms with Gasteiger partial charge in [0.1, 0.15) is 12.6 Å². The molecule has 4 N–H and O–H groups in total. The van der Waals surface area contributed by atoms with Crippen molar-refractivity contribution >= 4 is 25.7 Å². The van der Waals surface area contributed by atoms with Crippen LogP contribution in [0.5, 0.6) is 0 Å². The molecule has 3 atom stereocenters. The quantitative estimate of drug-likeness (QED) is 0.0230. The van der Waals surface area contributed by atoms with Crippen LogP contribution in [0, 0.1) is 0 Å². The molecular weight excluding hydrogens is 794 g/mol. The van der Waals surface area contributed by atoms with E-state index in [1.807, 2.05) is 0 Å². The highest BCUT2D eigenvalue weighted by Crippen LogP contribution is 2.43. The van der Waals surface area contributed by atoms with E-state index in [4.69, 9.17) is 24.8 Å². The minimum Gasteiger partial charge on any atom is -0.480 e. The zero-order chi connectivity index (χ0) is 44.9. The van der Waals surface area contributed by atoms with Gasteiger partial charge in [-0.25, -0.2) is 4.57 Å². The Morgan fingerprint density at radius 3 is 1.31 bits per heavy atom. The number of allylic oxidation sites excluding steroid dienone is 4. The van der Waals surface area contributed by atoms with Crippen LogP contribution in [-0.4, -0.2) is 59.9 Å². The van der Waals surface area contributed by atoms with Crippen LogP contribution >= 0.6 is 7.82 Å². The minimum atomic E-state index is -4.72. The maximum atomic E-state index is 12.6. The van der Waals surface area contributed by atoms with Crippen molar-refractivity contribution in [1.82, 2.24) is 0 Å². The summed E-state index contributed by atoms with van der Waals surface area (Å²) in [7, 11) is -4.72. The van der Waals surface area contributed by atoms with Gasteiger partial charge in [-0.15, -0.1) is 0 Å². The van der Waals surface area contributed by atoms with Gasteiger partial charge < -0.3 is 25.2 Å². The largest absolute Gasteiger partial charge is 0.480 e. The van der Waals surface area contributed by atoms with Crippen LogP contribution in [0.25, 0.3) is 0 Å². The van der Waals surface area contributed by atoms with Gasteiger partial charge in [-0.1, -0.05) is 205 Å². The Labute approximate surface area is 372 Å². The second-order valence-electron chi connectivity index (χ2n) is 17.0. The van der Waals surface area contributed by atoms with E-state index >= 15 is 0 Å². The van der Waals surface area contributed by atoms with Crippen molar-refractivity contribution in [2.75, 3.05) is 19.8 Å². The van der Waals surface area contributed by atoms with Gasteiger partial charge in [-0.05, 0) is 44.9 Å². The van der Waals surface area contributed by atoms with E-state index in [1.165, 1.54) is 135 Å². The van der Waals surface area contributed by atoms with E-state index in [9.17, 15) is 23.8 Å². The van der Waals surface area contributed by atoms with Gasteiger partial charge in [0.25, 0.3) is 0 Å². The molecule has 0 aliphatic rings. The topological polar surface area (TPSA) is 172 Å². The summed E-state index contributed by atoms with van der Waals surface area (Å²) >= 11 is 0. The lowest BCUT2D eigenvalue weighted by Gasteiger charge is -2.20. The van der Waals surface area contributed by atoms with Crippen LogP contribution in [-0.2, 0) is 37.5 Å². The number of phosphoric ester groups is 1. The highest BCUT2D eigenvalue weighted by atomic mass is 31.2. The molecule has 358 valence electrons. The Hall–Kier alpha value is -2.04. The molecule has 0 aromatic rings. The van der Waals surface area contributed by atoms with Crippen LogP contribution in [0.1, 0.15) is 239 Å². The monoisotopic (exact) mass is 886 g/mol. The highest BCUT2D eigenvalue weighted by molar-refractivity contribution is 7.47. The average molecular weight is 886 g/mol. The molecule has 0 spiro atoms. The number of carboxylic acids is 1. The maximum Gasteiger partial charge on any atom is 0.472 e. The fourth-order valence-electron chi connectivity index (χ4n) is 7.04. The molecule has 0 bridgehead atoms. The van der Waals surface area contributed by atoms with E-state index < -0.39 is 51.1 Å². The number of unbranched alkanes of at least 4 members (excludes halogenated alkanes) is 29. The second kappa shape index (κ2) is 44.6.